The Bertz CT molecular complexity index is 884. The second-order valence-electron chi connectivity index (χ2n) is 6.18. The van der Waals surface area contributed by atoms with Gasteiger partial charge in [-0.2, -0.15) is 0 Å². The molecule has 3 aromatic carbocycles. The first-order chi connectivity index (χ1) is 13.6. The van der Waals surface area contributed by atoms with Crippen molar-refractivity contribution in [2.45, 2.75) is 12.6 Å². The molecule has 0 fully saturated rings. The number of amides is 1. The summed E-state index contributed by atoms with van der Waals surface area (Å²) < 4.78 is 11.2. The Kier molecular flexibility index (Phi) is 7.03. The molecule has 0 heterocycles. The van der Waals surface area contributed by atoms with Gasteiger partial charge >= 0.3 is 0 Å². The summed E-state index contributed by atoms with van der Waals surface area (Å²) in [6.07, 6.45) is 0. The summed E-state index contributed by atoms with van der Waals surface area (Å²) in [6, 6.07) is 23.1. The second kappa shape index (κ2) is 9.90. The van der Waals surface area contributed by atoms with Gasteiger partial charge in [-0.25, -0.2) is 0 Å². The van der Waals surface area contributed by atoms with Crippen LogP contribution in [0.1, 0.15) is 5.56 Å². The van der Waals surface area contributed by atoms with Crippen LogP contribution in [0, 0.1) is 0 Å². The molecule has 3 N–H and O–H groups in total. The van der Waals surface area contributed by atoms with Crippen molar-refractivity contribution in [3.05, 3.63) is 89.4 Å². The first kappa shape index (κ1) is 19.9. The summed E-state index contributed by atoms with van der Waals surface area (Å²) in [4.78, 5) is 12.2. The van der Waals surface area contributed by atoms with Crippen LogP contribution in [0.4, 0.5) is 5.69 Å². The monoisotopic (exact) mass is 396 g/mol. The third kappa shape index (κ3) is 6.09. The fraction of sp³-hybridized carbons (Fsp3) is 0.136. The highest BCUT2D eigenvalue weighted by Crippen LogP contribution is 2.24. The lowest BCUT2D eigenvalue weighted by atomic mass is 10.2. The third-order valence-corrected chi connectivity index (χ3v) is 4.17. The summed E-state index contributed by atoms with van der Waals surface area (Å²) in [5.41, 5.74) is 7.57. The molecule has 1 amide bonds. The maximum atomic E-state index is 12.2. The number of carbonyl (C=O) groups is 1. The van der Waals surface area contributed by atoms with E-state index in [0.29, 0.717) is 28.8 Å². The first-order valence-corrected chi connectivity index (χ1v) is 9.19. The lowest BCUT2D eigenvalue weighted by molar-refractivity contribution is -0.118. The molecule has 28 heavy (non-hydrogen) atoms. The molecule has 144 valence electrons. The zero-order chi connectivity index (χ0) is 19.8. The molecule has 0 spiro atoms. The molecule has 3 rings (SSSR count). The molecule has 0 radical (unpaired) electrons. The van der Waals surface area contributed by atoms with Crippen LogP contribution in [0.15, 0.2) is 78.9 Å². The molecule has 0 aromatic heterocycles. The number of hydrogen-bond acceptors (Lipinski definition) is 4. The van der Waals surface area contributed by atoms with Crippen molar-refractivity contribution in [1.29, 1.82) is 0 Å². The highest BCUT2D eigenvalue weighted by Gasteiger charge is 2.14. The lowest BCUT2D eigenvalue weighted by Gasteiger charge is -2.13. The molecule has 0 saturated heterocycles. The largest absolute Gasteiger partial charge is 0.457 e. The van der Waals surface area contributed by atoms with E-state index in [1.54, 1.807) is 48.5 Å². The van der Waals surface area contributed by atoms with Crippen LogP contribution >= 0.6 is 11.6 Å². The number of rotatable bonds is 8. The molecule has 3 aromatic rings. The first-order valence-electron chi connectivity index (χ1n) is 8.82. The molecule has 0 bridgehead atoms. The lowest BCUT2D eigenvalue weighted by Crippen LogP contribution is -2.39. The molecule has 0 saturated carbocycles. The highest BCUT2D eigenvalue weighted by molar-refractivity contribution is 6.30. The Morgan fingerprint density at radius 1 is 0.929 bits per heavy atom. The van der Waals surface area contributed by atoms with Gasteiger partial charge in [-0.3, -0.25) is 4.79 Å². The minimum Gasteiger partial charge on any atom is -0.457 e. The van der Waals surface area contributed by atoms with Crippen molar-refractivity contribution in [3.8, 4) is 11.5 Å². The average Bonchev–Trinajstić information content (AvgIpc) is 2.72. The van der Waals surface area contributed by atoms with Crippen LogP contribution < -0.4 is 15.8 Å². The van der Waals surface area contributed by atoms with Gasteiger partial charge in [0.2, 0.25) is 5.91 Å². The zero-order valence-corrected chi connectivity index (χ0v) is 15.9. The van der Waals surface area contributed by atoms with E-state index in [9.17, 15) is 4.79 Å². The van der Waals surface area contributed by atoms with Gasteiger partial charge in [0.05, 0.1) is 13.2 Å². The SMILES string of the molecule is N[C@@H](COCc1ccccc1)C(=O)Nc1ccc(Oc2ccc(Cl)cc2)cc1. The van der Waals surface area contributed by atoms with Crippen LogP contribution in [-0.2, 0) is 16.1 Å². The summed E-state index contributed by atoms with van der Waals surface area (Å²) >= 11 is 5.86. The van der Waals surface area contributed by atoms with Crippen molar-refractivity contribution in [2.75, 3.05) is 11.9 Å². The van der Waals surface area contributed by atoms with Crippen LogP contribution in [-0.4, -0.2) is 18.6 Å². The van der Waals surface area contributed by atoms with E-state index in [4.69, 9.17) is 26.8 Å². The summed E-state index contributed by atoms with van der Waals surface area (Å²) in [6.45, 7) is 0.553. The minimum atomic E-state index is -0.756. The number of hydrogen-bond donors (Lipinski definition) is 2. The van der Waals surface area contributed by atoms with E-state index >= 15 is 0 Å². The topological polar surface area (TPSA) is 73.6 Å². The molecule has 5 nitrogen and oxygen atoms in total. The van der Waals surface area contributed by atoms with Crippen LogP contribution in [0.2, 0.25) is 5.02 Å². The zero-order valence-electron chi connectivity index (χ0n) is 15.2. The van der Waals surface area contributed by atoms with Gasteiger partial charge in [-0.05, 0) is 54.1 Å². The normalized spacial score (nSPS) is 11.6. The summed E-state index contributed by atoms with van der Waals surface area (Å²) in [5, 5.41) is 3.42. The van der Waals surface area contributed by atoms with Gasteiger partial charge in [0.1, 0.15) is 17.5 Å². The highest BCUT2D eigenvalue weighted by atomic mass is 35.5. The number of nitrogens with two attached hydrogens (primary N) is 1. The van der Waals surface area contributed by atoms with E-state index in [1.165, 1.54) is 0 Å². The Morgan fingerprint density at radius 3 is 2.18 bits per heavy atom. The minimum absolute atomic E-state index is 0.137. The number of ether oxygens (including phenoxy) is 2. The van der Waals surface area contributed by atoms with E-state index in [1.807, 2.05) is 30.3 Å². The second-order valence-corrected chi connectivity index (χ2v) is 6.61. The van der Waals surface area contributed by atoms with Crippen molar-refractivity contribution in [1.82, 2.24) is 0 Å². The molecule has 0 aliphatic carbocycles. The predicted octanol–water partition coefficient (Wildman–Crippen LogP) is 4.61. The molecule has 0 unspecified atom stereocenters. The molecular weight excluding hydrogens is 376 g/mol. The maximum absolute atomic E-state index is 12.2. The molecule has 6 heteroatoms. The van der Waals surface area contributed by atoms with Crippen molar-refractivity contribution in [3.63, 3.8) is 0 Å². The quantitative estimate of drug-likeness (QED) is 0.583. The van der Waals surface area contributed by atoms with E-state index in [2.05, 4.69) is 5.32 Å². The number of halogens is 1. The van der Waals surface area contributed by atoms with E-state index < -0.39 is 6.04 Å². The van der Waals surface area contributed by atoms with Gasteiger partial charge in [-0.1, -0.05) is 41.9 Å². The van der Waals surface area contributed by atoms with Crippen molar-refractivity contribution < 1.29 is 14.3 Å². The number of carbonyl (C=O) groups excluding carboxylic acids is 1. The fourth-order valence-electron chi connectivity index (χ4n) is 2.43. The maximum Gasteiger partial charge on any atom is 0.243 e. The summed E-state index contributed by atoms with van der Waals surface area (Å²) in [5.74, 6) is 1.02. The van der Waals surface area contributed by atoms with Gasteiger partial charge in [0.25, 0.3) is 0 Å². The van der Waals surface area contributed by atoms with Gasteiger partial charge in [0, 0.05) is 10.7 Å². The fourth-order valence-corrected chi connectivity index (χ4v) is 2.56. The number of anilines is 1. The molecule has 0 aliphatic rings. The Hall–Kier alpha value is -2.86. The molecular formula is C22H21ClN2O3. The Morgan fingerprint density at radius 2 is 1.54 bits per heavy atom. The average molecular weight is 397 g/mol. The van der Waals surface area contributed by atoms with E-state index in [-0.39, 0.29) is 12.5 Å². The Labute approximate surface area is 169 Å². The number of nitrogens with one attached hydrogen (secondary N) is 1. The van der Waals surface area contributed by atoms with Crippen molar-refractivity contribution in [2.24, 2.45) is 5.73 Å². The van der Waals surface area contributed by atoms with E-state index in [0.717, 1.165) is 5.56 Å². The molecule has 1 atom stereocenters. The predicted molar refractivity (Wildman–Crippen MR) is 111 cm³/mol. The van der Waals surface area contributed by atoms with Gasteiger partial charge < -0.3 is 20.5 Å². The third-order valence-electron chi connectivity index (χ3n) is 3.92. The van der Waals surface area contributed by atoms with Crippen LogP contribution in [0.5, 0.6) is 11.5 Å². The summed E-state index contributed by atoms with van der Waals surface area (Å²) in [7, 11) is 0. The van der Waals surface area contributed by atoms with Crippen LogP contribution in [0.25, 0.3) is 0 Å². The van der Waals surface area contributed by atoms with Gasteiger partial charge in [-0.15, -0.1) is 0 Å². The van der Waals surface area contributed by atoms with Crippen molar-refractivity contribution >= 4 is 23.2 Å². The van der Waals surface area contributed by atoms with Gasteiger partial charge in [0.15, 0.2) is 0 Å². The molecule has 0 aliphatic heterocycles. The van der Waals surface area contributed by atoms with Crippen LogP contribution in [0.3, 0.4) is 0 Å². The number of benzene rings is 3. The smallest absolute Gasteiger partial charge is 0.243 e. The Balaban J connectivity index is 1.46. The standard InChI is InChI=1S/C22H21ClN2O3/c23-17-6-10-19(11-7-17)28-20-12-8-18(9-13-20)25-22(26)21(24)15-27-14-16-4-2-1-3-5-16/h1-13,21H,14-15,24H2,(H,25,26)/t21-/m0/s1.